The largest absolute Gasteiger partial charge is 0.346 e. The number of benzene rings is 7. The molecule has 0 unspecified atom stereocenters. The van der Waals surface area contributed by atoms with Gasteiger partial charge in [0.1, 0.15) is 5.19 Å². The summed E-state index contributed by atoms with van der Waals surface area (Å²) in [7, 11) is -0.827. The van der Waals surface area contributed by atoms with E-state index in [1.807, 2.05) is 18.2 Å². The summed E-state index contributed by atoms with van der Waals surface area (Å²) in [4.78, 5) is 15.4. The van der Waals surface area contributed by atoms with E-state index in [4.69, 9.17) is 15.0 Å². The first-order valence-corrected chi connectivity index (χ1v) is 19.7. The summed E-state index contributed by atoms with van der Waals surface area (Å²) < 4.78 is 1.28. The summed E-state index contributed by atoms with van der Waals surface area (Å²) in [6.45, 7) is 4.71. The van der Waals surface area contributed by atoms with Crippen LogP contribution in [0.25, 0.3) is 78.0 Å². The second kappa shape index (κ2) is 12.9. The van der Waals surface area contributed by atoms with Gasteiger partial charge in [-0.15, -0.1) is 0 Å². The summed E-state index contributed by atoms with van der Waals surface area (Å²) in [5.41, 5.74) is 7.79. The van der Waals surface area contributed by atoms with Crippen LogP contribution in [0, 0.1) is 3.57 Å². The van der Waals surface area contributed by atoms with Gasteiger partial charge in [-0.1, -0.05) is 133 Å². The lowest BCUT2D eigenvalue weighted by atomic mass is 9.96. The highest BCUT2D eigenvalue weighted by molar-refractivity contribution is 6.72. The highest BCUT2D eigenvalue weighted by atomic mass is 127. The molecular weight excluding hydrogens is 713 g/mol. The molecule has 0 aliphatic carbocycles. The summed E-state index contributed by atoms with van der Waals surface area (Å²) in [6.07, 6.45) is 0. The number of nitrogens with zero attached hydrogens (tertiary/aromatic N) is 3. The van der Waals surface area contributed by atoms with Crippen molar-refractivity contribution in [1.29, 1.82) is 0 Å². The Kier molecular flexibility index (Phi) is 8.16. The molecule has 0 amide bonds. The predicted octanol–water partition coefficient (Wildman–Crippen LogP) is 6.93. The molecule has 0 atom stereocenters. The molecule has 0 N–H and O–H groups in total. The van der Waals surface area contributed by atoms with E-state index in [1.54, 1.807) is 0 Å². The van der Waals surface area contributed by atoms with E-state index in [2.05, 4.69) is 169 Å². The summed E-state index contributed by atoms with van der Waals surface area (Å²) in [5.74, 6) is 2.01. The number of hydrogen-bond donors (Lipinski definition) is 0. The van der Waals surface area contributed by atoms with E-state index in [0.717, 1.165) is 22.3 Å². The Balaban J connectivity index is 1.32. The van der Waals surface area contributed by atoms with Gasteiger partial charge in [0.2, 0.25) is 3.57 Å². The standard InChI is InChI=1S/C43H32IN3Si/c1-48(2)38-21-11-20-37(39(38)36-27-26-29-13-7-9-18-35(29)40(36)44)43-46-41(31-14-4-3-5-15-31)45-42(47-43)32-24-22-30(23-25-32)34-19-10-16-28-12-6-8-17-33(28)34/h3-27,44H,1-2H3/q+2. The topological polar surface area (TPSA) is 38.7 Å². The Morgan fingerprint density at radius 2 is 0.958 bits per heavy atom. The SMILES string of the molecule is C[Si+](C)c1cccc(-c2nc(-c3ccccc3)nc(-c3ccc(-c4cccc5ccccc45)cc3)n2)c1-c1ccc2ccccc2c1[IH+]. The van der Waals surface area contributed by atoms with E-state index >= 15 is 0 Å². The molecule has 8 rings (SSSR count). The molecule has 5 heteroatoms. The lowest BCUT2D eigenvalue weighted by Crippen LogP contribution is -3.34. The molecule has 48 heavy (non-hydrogen) atoms. The molecular formula is C43H32IN3Si+2. The molecule has 0 saturated carbocycles. The first kappa shape index (κ1) is 30.4. The highest BCUT2D eigenvalue weighted by Crippen LogP contribution is 2.35. The molecule has 228 valence electrons. The number of aromatic nitrogens is 3. The Morgan fingerprint density at radius 1 is 0.417 bits per heavy atom. The fraction of sp³-hybridized carbons (Fsp3) is 0.0465. The molecule has 0 saturated heterocycles. The summed E-state index contributed by atoms with van der Waals surface area (Å²) in [6, 6.07) is 53.6. The Hall–Kier alpha value is -4.98. The first-order valence-electron chi connectivity index (χ1n) is 16.1. The van der Waals surface area contributed by atoms with Gasteiger partial charge in [-0.25, -0.2) is 15.0 Å². The van der Waals surface area contributed by atoms with Crippen LogP contribution in [0.4, 0.5) is 0 Å². The molecule has 0 spiro atoms. The minimum atomic E-state index is -0.827. The Bertz CT molecular complexity index is 2430. The third kappa shape index (κ3) is 5.63. The van der Waals surface area contributed by atoms with Gasteiger partial charge in [-0.05, 0) is 45.5 Å². The maximum absolute atomic E-state index is 5.22. The normalized spacial score (nSPS) is 11.2. The minimum absolute atomic E-state index is 0.661. The van der Waals surface area contributed by atoms with E-state index < -0.39 is 8.80 Å². The maximum atomic E-state index is 5.22. The van der Waals surface area contributed by atoms with Crippen molar-refractivity contribution in [2.24, 2.45) is 0 Å². The zero-order chi connectivity index (χ0) is 32.6. The third-order valence-corrected chi connectivity index (χ3v) is 11.7. The van der Waals surface area contributed by atoms with Crippen molar-refractivity contribution in [2.75, 3.05) is 0 Å². The fourth-order valence-corrected chi connectivity index (χ4v) is 8.72. The number of halogens is 1. The molecule has 1 heterocycles. The zero-order valence-corrected chi connectivity index (χ0v) is 30.0. The lowest BCUT2D eigenvalue weighted by molar-refractivity contribution is -0.323. The van der Waals surface area contributed by atoms with E-state index in [9.17, 15) is 0 Å². The molecule has 0 fully saturated rings. The van der Waals surface area contributed by atoms with E-state index in [1.165, 1.54) is 47.0 Å². The van der Waals surface area contributed by atoms with Crippen molar-refractivity contribution in [2.45, 2.75) is 13.1 Å². The van der Waals surface area contributed by atoms with Crippen molar-refractivity contribution in [3.05, 3.63) is 155 Å². The molecule has 8 aromatic rings. The van der Waals surface area contributed by atoms with Crippen LogP contribution in [0.3, 0.4) is 0 Å². The van der Waals surface area contributed by atoms with Crippen LogP contribution in [0.1, 0.15) is 0 Å². The van der Waals surface area contributed by atoms with Gasteiger partial charge in [0, 0.05) is 33.2 Å². The second-order valence-corrected chi connectivity index (χ2v) is 15.9. The van der Waals surface area contributed by atoms with Gasteiger partial charge in [0.25, 0.3) is 22.6 Å². The minimum Gasteiger partial charge on any atom is -0.208 e. The van der Waals surface area contributed by atoms with Crippen molar-refractivity contribution >= 4 is 35.5 Å². The number of fused-ring (bicyclic) bond motifs is 2. The van der Waals surface area contributed by atoms with Gasteiger partial charge in [0.05, 0.1) is 13.1 Å². The monoisotopic (exact) mass is 745 g/mol. The second-order valence-electron chi connectivity index (χ2n) is 12.2. The van der Waals surface area contributed by atoms with Crippen LogP contribution in [-0.4, -0.2) is 23.7 Å². The van der Waals surface area contributed by atoms with Crippen LogP contribution >= 0.6 is 0 Å². The smallest absolute Gasteiger partial charge is 0.208 e. The van der Waals surface area contributed by atoms with Gasteiger partial charge in [0.15, 0.2) is 17.5 Å². The van der Waals surface area contributed by atoms with Crippen LogP contribution in [0.2, 0.25) is 13.1 Å². The van der Waals surface area contributed by atoms with E-state index in [-0.39, 0.29) is 0 Å². The van der Waals surface area contributed by atoms with Crippen LogP contribution in [-0.2, 0) is 0 Å². The predicted molar refractivity (Wildman–Crippen MR) is 199 cm³/mol. The quantitative estimate of drug-likeness (QED) is 0.137. The van der Waals surface area contributed by atoms with Crippen molar-refractivity contribution < 1.29 is 22.6 Å². The molecule has 3 nitrogen and oxygen atoms in total. The number of hydrogen-bond acceptors (Lipinski definition) is 3. The van der Waals surface area contributed by atoms with Gasteiger partial charge >= 0.3 is 8.80 Å². The van der Waals surface area contributed by atoms with Crippen LogP contribution < -0.4 is 27.8 Å². The molecule has 0 aliphatic rings. The van der Waals surface area contributed by atoms with Crippen molar-refractivity contribution in [3.8, 4) is 56.4 Å². The van der Waals surface area contributed by atoms with Crippen LogP contribution in [0.5, 0.6) is 0 Å². The summed E-state index contributed by atoms with van der Waals surface area (Å²) >= 11 is 2.14. The molecule has 7 aromatic carbocycles. The molecule has 0 bridgehead atoms. The molecule has 0 radical (unpaired) electrons. The average Bonchev–Trinajstić information content (AvgIpc) is 3.15. The summed E-state index contributed by atoms with van der Waals surface area (Å²) in [5, 5.41) is 6.37. The third-order valence-electron chi connectivity index (χ3n) is 8.90. The molecule has 0 aliphatic heterocycles. The van der Waals surface area contributed by atoms with Gasteiger partial charge < -0.3 is 0 Å². The van der Waals surface area contributed by atoms with E-state index in [0.29, 0.717) is 17.5 Å². The fourth-order valence-electron chi connectivity index (χ4n) is 6.50. The van der Waals surface area contributed by atoms with Gasteiger partial charge in [-0.2, -0.15) is 0 Å². The van der Waals surface area contributed by atoms with Gasteiger partial charge in [-0.3, -0.25) is 0 Å². The lowest BCUT2D eigenvalue weighted by Gasteiger charge is -2.14. The Labute approximate surface area is 296 Å². The highest BCUT2D eigenvalue weighted by Gasteiger charge is 2.29. The zero-order valence-electron chi connectivity index (χ0n) is 26.7. The average molecular weight is 746 g/mol. The maximum Gasteiger partial charge on any atom is 0.346 e. The van der Waals surface area contributed by atoms with Crippen molar-refractivity contribution in [3.63, 3.8) is 0 Å². The Morgan fingerprint density at radius 3 is 1.69 bits per heavy atom. The van der Waals surface area contributed by atoms with Crippen LogP contribution in [0.15, 0.2) is 152 Å². The number of rotatable bonds is 6. The first-order chi connectivity index (χ1) is 23.5. The van der Waals surface area contributed by atoms with Crippen molar-refractivity contribution in [1.82, 2.24) is 15.0 Å². The molecule has 1 aromatic heterocycles.